The lowest BCUT2D eigenvalue weighted by Gasteiger charge is -2.26. The van der Waals surface area contributed by atoms with Gasteiger partial charge in [0.05, 0.1) is 0 Å². The number of aromatic nitrogens is 2. The number of carbonyl (C=O) groups excluding carboxylic acids is 1. The van der Waals surface area contributed by atoms with Crippen LogP contribution in [0.4, 0.5) is 0 Å². The SMILES string of the molecule is N#CC(=Cc1c(Oc2ccc(Cl)cc2)nc2ccccn2c1=O)C(=O)N1CCCCC1. The summed E-state index contributed by atoms with van der Waals surface area (Å²) in [6, 6.07) is 13.7. The minimum Gasteiger partial charge on any atom is -0.438 e. The number of piperidine rings is 1. The highest BCUT2D eigenvalue weighted by atomic mass is 35.5. The summed E-state index contributed by atoms with van der Waals surface area (Å²) in [5.41, 5.74) is -0.151. The molecule has 0 bridgehead atoms. The van der Waals surface area contributed by atoms with Crippen LogP contribution in [0.1, 0.15) is 24.8 Å². The van der Waals surface area contributed by atoms with Crippen molar-refractivity contribution in [3.63, 3.8) is 0 Å². The first-order valence-corrected chi connectivity index (χ1v) is 10.3. The van der Waals surface area contributed by atoms with E-state index in [1.54, 1.807) is 53.6 Å². The van der Waals surface area contributed by atoms with Gasteiger partial charge in [-0.3, -0.25) is 14.0 Å². The molecule has 0 saturated carbocycles. The number of halogens is 1. The van der Waals surface area contributed by atoms with E-state index in [9.17, 15) is 14.9 Å². The number of rotatable bonds is 4. The van der Waals surface area contributed by atoms with Gasteiger partial charge < -0.3 is 9.64 Å². The predicted molar refractivity (Wildman–Crippen MR) is 117 cm³/mol. The number of benzene rings is 1. The molecule has 2 aromatic heterocycles. The maximum atomic E-state index is 13.2. The number of likely N-dealkylation sites (tertiary alicyclic amines) is 1. The molecule has 1 aromatic carbocycles. The average molecular weight is 435 g/mol. The van der Waals surface area contributed by atoms with Gasteiger partial charge in [-0.1, -0.05) is 17.7 Å². The minimum atomic E-state index is -0.436. The summed E-state index contributed by atoms with van der Waals surface area (Å²) in [5, 5.41) is 10.2. The first-order chi connectivity index (χ1) is 15.1. The largest absolute Gasteiger partial charge is 0.438 e. The molecule has 0 spiro atoms. The summed E-state index contributed by atoms with van der Waals surface area (Å²) < 4.78 is 7.21. The second-order valence-electron chi connectivity index (χ2n) is 7.14. The van der Waals surface area contributed by atoms with Gasteiger partial charge in [0, 0.05) is 24.3 Å². The van der Waals surface area contributed by atoms with E-state index in [1.165, 1.54) is 10.5 Å². The fourth-order valence-corrected chi connectivity index (χ4v) is 3.58. The Balaban J connectivity index is 1.82. The molecule has 1 amide bonds. The molecule has 4 rings (SSSR count). The topological polar surface area (TPSA) is 87.7 Å². The van der Waals surface area contributed by atoms with Gasteiger partial charge in [0.2, 0.25) is 5.88 Å². The molecule has 156 valence electrons. The zero-order valence-corrected chi connectivity index (χ0v) is 17.4. The van der Waals surface area contributed by atoms with Crippen LogP contribution in [-0.4, -0.2) is 33.3 Å². The molecule has 0 unspecified atom stereocenters. The van der Waals surface area contributed by atoms with Crippen molar-refractivity contribution in [2.75, 3.05) is 13.1 Å². The molecule has 3 heterocycles. The monoisotopic (exact) mass is 434 g/mol. The van der Waals surface area contributed by atoms with Crippen LogP contribution in [0, 0.1) is 11.3 Å². The molecular formula is C23H19ClN4O3. The summed E-state index contributed by atoms with van der Waals surface area (Å²) in [4.78, 5) is 32.1. The third-order valence-corrected chi connectivity index (χ3v) is 5.30. The predicted octanol–water partition coefficient (Wildman–Crippen LogP) is 4.06. The van der Waals surface area contributed by atoms with Crippen molar-refractivity contribution in [2.24, 2.45) is 0 Å². The number of hydrogen-bond donors (Lipinski definition) is 0. The number of ether oxygens (including phenoxy) is 1. The van der Waals surface area contributed by atoms with Crippen molar-refractivity contribution in [3.8, 4) is 17.7 Å². The summed E-state index contributed by atoms with van der Waals surface area (Å²) >= 11 is 5.93. The Morgan fingerprint density at radius 2 is 1.87 bits per heavy atom. The Hall–Kier alpha value is -3.63. The average Bonchev–Trinajstić information content (AvgIpc) is 2.81. The summed E-state index contributed by atoms with van der Waals surface area (Å²) in [5.74, 6) is 0.0435. The number of carbonyl (C=O) groups is 1. The van der Waals surface area contributed by atoms with Crippen LogP contribution in [-0.2, 0) is 4.79 Å². The van der Waals surface area contributed by atoms with Crippen molar-refractivity contribution in [3.05, 3.63) is 75.2 Å². The van der Waals surface area contributed by atoms with Gasteiger partial charge >= 0.3 is 0 Å². The highest BCUT2D eigenvalue weighted by Gasteiger charge is 2.22. The second kappa shape index (κ2) is 9.02. The number of amides is 1. The van der Waals surface area contributed by atoms with Crippen LogP contribution < -0.4 is 10.3 Å². The van der Waals surface area contributed by atoms with E-state index in [4.69, 9.17) is 16.3 Å². The quantitative estimate of drug-likeness (QED) is 0.456. The third kappa shape index (κ3) is 4.44. The Labute approximate surface area is 183 Å². The zero-order valence-electron chi connectivity index (χ0n) is 16.6. The molecule has 8 heteroatoms. The van der Waals surface area contributed by atoms with Crippen molar-refractivity contribution in [2.45, 2.75) is 19.3 Å². The maximum absolute atomic E-state index is 13.2. The lowest BCUT2D eigenvalue weighted by molar-refractivity contribution is -0.127. The fraction of sp³-hybridized carbons (Fsp3) is 0.217. The number of hydrogen-bond acceptors (Lipinski definition) is 5. The molecule has 31 heavy (non-hydrogen) atoms. The fourth-order valence-electron chi connectivity index (χ4n) is 3.45. The summed E-state index contributed by atoms with van der Waals surface area (Å²) in [7, 11) is 0. The molecule has 0 aliphatic carbocycles. The number of fused-ring (bicyclic) bond motifs is 1. The standard InChI is InChI=1S/C23H19ClN4O3/c24-17-7-9-18(10-8-17)31-21-19(23(30)28-13-5-2-6-20(28)26-21)14-16(15-25)22(29)27-11-3-1-4-12-27/h2,5-10,13-14H,1,3-4,11-12H2. The van der Waals surface area contributed by atoms with Crippen LogP contribution in [0.15, 0.2) is 59.0 Å². The highest BCUT2D eigenvalue weighted by molar-refractivity contribution is 6.30. The van der Waals surface area contributed by atoms with Gasteiger partial charge in [-0.2, -0.15) is 10.2 Å². The summed E-state index contributed by atoms with van der Waals surface area (Å²) in [6.07, 6.45) is 5.71. The smallest absolute Gasteiger partial charge is 0.269 e. The van der Waals surface area contributed by atoms with Crippen molar-refractivity contribution in [1.29, 1.82) is 5.26 Å². The third-order valence-electron chi connectivity index (χ3n) is 5.05. The minimum absolute atomic E-state index is 0.0118. The Kier molecular flexibility index (Phi) is 6.01. The van der Waals surface area contributed by atoms with Crippen molar-refractivity contribution < 1.29 is 9.53 Å². The molecule has 7 nitrogen and oxygen atoms in total. The lowest BCUT2D eigenvalue weighted by Crippen LogP contribution is -2.36. The van der Waals surface area contributed by atoms with Gasteiger partial charge in [0.25, 0.3) is 11.5 Å². The second-order valence-corrected chi connectivity index (χ2v) is 7.58. The molecule has 3 aromatic rings. The zero-order chi connectivity index (χ0) is 21.8. The maximum Gasteiger partial charge on any atom is 0.269 e. The van der Waals surface area contributed by atoms with Crippen LogP contribution in [0.3, 0.4) is 0 Å². The normalized spacial score (nSPS) is 14.3. The van der Waals surface area contributed by atoms with Gasteiger partial charge in [-0.25, -0.2) is 0 Å². The van der Waals surface area contributed by atoms with Crippen LogP contribution >= 0.6 is 11.6 Å². The first-order valence-electron chi connectivity index (χ1n) is 9.93. The van der Waals surface area contributed by atoms with Crippen LogP contribution in [0.25, 0.3) is 11.7 Å². The van der Waals surface area contributed by atoms with E-state index in [0.717, 1.165) is 19.3 Å². The molecule has 0 N–H and O–H groups in total. The van der Waals surface area contributed by atoms with Gasteiger partial charge in [-0.05, 0) is 61.7 Å². The molecule has 1 aliphatic rings. The molecule has 0 atom stereocenters. The Bertz CT molecular complexity index is 1250. The molecule has 1 saturated heterocycles. The Morgan fingerprint density at radius 1 is 1.13 bits per heavy atom. The number of nitriles is 1. The van der Waals surface area contributed by atoms with E-state index in [-0.39, 0.29) is 17.0 Å². The molecule has 0 radical (unpaired) electrons. The van der Waals surface area contributed by atoms with Gasteiger partial charge in [0.1, 0.15) is 28.6 Å². The lowest BCUT2D eigenvalue weighted by atomic mass is 10.1. The van der Waals surface area contributed by atoms with Gasteiger partial charge in [-0.15, -0.1) is 0 Å². The van der Waals surface area contributed by atoms with E-state index in [2.05, 4.69) is 4.98 Å². The van der Waals surface area contributed by atoms with Crippen molar-refractivity contribution >= 4 is 29.2 Å². The molecular weight excluding hydrogens is 416 g/mol. The van der Waals surface area contributed by atoms with Crippen LogP contribution in [0.2, 0.25) is 5.02 Å². The van der Waals surface area contributed by atoms with E-state index in [1.807, 2.05) is 6.07 Å². The summed E-state index contributed by atoms with van der Waals surface area (Å²) in [6.45, 7) is 1.20. The van der Waals surface area contributed by atoms with E-state index in [0.29, 0.717) is 29.5 Å². The van der Waals surface area contributed by atoms with Crippen LogP contribution in [0.5, 0.6) is 11.6 Å². The van der Waals surface area contributed by atoms with Gasteiger partial charge in [0.15, 0.2) is 0 Å². The Morgan fingerprint density at radius 3 is 2.58 bits per heavy atom. The number of nitrogens with zero attached hydrogens (tertiary/aromatic N) is 4. The first kappa shape index (κ1) is 20.6. The van der Waals surface area contributed by atoms with E-state index < -0.39 is 11.5 Å². The van der Waals surface area contributed by atoms with E-state index >= 15 is 0 Å². The van der Waals surface area contributed by atoms with Crippen molar-refractivity contribution in [1.82, 2.24) is 14.3 Å². The highest BCUT2D eigenvalue weighted by Crippen LogP contribution is 2.25. The molecule has 1 fully saturated rings. The number of pyridine rings is 1. The molecule has 1 aliphatic heterocycles.